The average molecular weight is 160 g/mol. The molecule has 0 aliphatic carbocycles. The Labute approximate surface area is 64.6 Å². The van der Waals surface area contributed by atoms with Gasteiger partial charge in [-0.25, -0.2) is 0 Å². The molecule has 1 atom stereocenters. The Morgan fingerprint density at radius 2 is 2.18 bits per heavy atom. The van der Waals surface area contributed by atoms with Gasteiger partial charge in [0.25, 0.3) is 0 Å². The van der Waals surface area contributed by atoms with Gasteiger partial charge in [-0.3, -0.25) is 14.9 Å². The van der Waals surface area contributed by atoms with E-state index in [1.54, 1.807) is 0 Å². The number of carbonyl (C=O) groups is 2. The van der Waals surface area contributed by atoms with E-state index in [-0.39, 0.29) is 18.7 Å². The quantitative estimate of drug-likeness (QED) is 0.445. The van der Waals surface area contributed by atoms with E-state index in [4.69, 9.17) is 10.8 Å². The molecule has 0 aromatic rings. The van der Waals surface area contributed by atoms with Crippen molar-refractivity contribution in [3.05, 3.63) is 0 Å². The molecule has 0 fully saturated rings. The van der Waals surface area contributed by atoms with Crippen LogP contribution in [0.15, 0.2) is 0 Å². The van der Waals surface area contributed by atoms with Crippen LogP contribution in [0.3, 0.4) is 0 Å². The molecule has 0 aliphatic rings. The zero-order chi connectivity index (χ0) is 8.85. The minimum absolute atomic E-state index is 0.0268. The van der Waals surface area contributed by atoms with Crippen LogP contribution < -0.4 is 11.1 Å². The zero-order valence-corrected chi connectivity index (χ0v) is 6.33. The van der Waals surface area contributed by atoms with Gasteiger partial charge >= 0.3 is 5.97 Å². The Morgan fingerprint density at radius 1 is 1.64 bits per heavy atom. The number of ketones is 1. The van der Waals surface area contributed by atoms with Crippen LogP contribution in [0.4, 0.5) is 0 Å². The average Bonchev–Trinajstić information content (AvgIpc) is 1.86. The van der Waals surface area contributed by atoms with Gasteiger partial charge in [-0.15, -0.1) is 0 Å². The number of carboxylic acid groups (broad SMARTS) is 1. The van der Waals surface area contributed by atoms with Crippen molar-refractivity contribution in [2.75, 3.05) is 6.54 Å². The molecule has 0 saturated carbocycles. The summed E-state index contributed by atoms with van der Waals surface area (Å²) in [5.74, 6) is -1.11. The molecule has 5 heteroatoms. The highest BCUT2D eigenvalue weighted by molar-refractivity contribution is 5.80. The summed E-state index contributed by atoms with van der Waals surface area (Å²) in [6, 6.07) is 0. The van der Waals surface area contributed by atoms with Crippen molar-refractivity contribution in [1.29, 1.82) is 0 Å². The highest BCUT2D eigenvalue weighted by atomic mass is 16.4. The number of hydrogen-bond donors (Lipinski definition) is 3. The molecule has 0 aliphatic heterocycles. The number of nitrogens with two attached hydrogens (primary N) is 1. The lowest BCUT2D eigenvalue weighted by atomic mass is 10.3. The number of nitrogens with one attached hydrogen (secondary N) is 1. The third-order valence-electron chi connectivity index (χ3n) is 1.14. The molecule has 0 aromatic carbocycles. The fourth-order valence-corrected chi connectivity index (χ4v) is 0.478. The first-order chi connectivity index (χ1) is 5.04. The summed E-state index contributed by atoms with van der Waals surface area (Å²) in [6.45, 7) is 1.56. The monoisotopic (exact) mass is 160 g/mol. The van der Waals surface area contributed by atoms with Crippen LogP contribution in [0.1, 0.15) is 13.3 Å². The summed E-state index contributed by atoms with van der Waals surface area (Å²) in [4.78, 5) is 20.5. The minimum atomic E-state index is -0.909. The fraction of sp³-hybridized carbons (Fsp3) is 0.667. The van der Waals surface area contributed by atoms with Gasteiger partial charge in [0, 0.05) is 6.54 Å². The van der Waals surface area contributed by atoms with E-state index in [1.165, 1.54) is 6.92 Å². The first kappa shape index (κ1) is 10.1. The summed E-state index contributed by atoms with van der Waals surface area (Å²) in [5, 5.41) is 10.8. The van der Waals surface area contributed by atoms with E-state index in [9.17, 15) is 9.59 Å². The molecule has 64 valence electrons. The third kappa shape index (κ3) is 5.50. The molecular formula is C6H12N2O3. The number of hydrogen-bond acceptors (Lipinski definition) is 4. The van der Waals surface area contributed by atoms with E-state index in [0.717, 1.165) is 0 Å². The normalized spacial score (nSPS) is 12.5. The van der Waals surface area contributed by atoms with Gasteiger partial charge in [-0.1, -0.05) is 0 Å². The van der Waals surface area contributed by atoms with Crippen LogP contribution in [0.25, 0.3) is 0 Å². The summed E-state index contributed by atoms with van der Waals surface area (Å²) in [7, 11) is 0. The van der Waals surface area contributed by atoms with Crippen molar-refractivity contribution < 1.29 is 14.7 Å². The van der Waals surface area contributed by atoms with Crippen LogP contribution in [0, 0.1) is 0 Å². The van der Waals surface area contributed by atoms with Crippen LogP contribution in [-0.2, 0) is 9.59 Å². The molecule has 11 heavy (non-hydrogen) atoms. The third-order valence-corrected chi connectivity index (χ3v) is 1.14. The Bertz CT molecular complexity index is 158. The number of carbonyl (C=O) groups excluding carboxylic acids is 1. The summed E-state index contributed by atoms with van der Waals surface area (Å²) < 4.78 is 0. The topological polar surface area (TPSA) is 92.4 Å². The Balaban J connectivity index is 3.39. The lowest BCUT2D eigenvalue weighted by molar-refractivity contribution is -0.137. The lowest BCUT2D eigenvalue weighted by Gasteiger charge is -2.07. The Hall–Kier alpha value is -0.940. The second-order valence-corrected chi connectivity index (χ2v) is 2.19. The van der Waals surface area contributed by atoms with Crippen molar-refractivity contribution in [3.8, 4) is 0 Å². The molecule has 0 rings (SSSR count). The van der Waals surface area contributed by atoms with Gasteiger partial charge < -0.3 is 10.8 Å². The van der Waals surface area contributed by atoms with Gasteiger partial charge in [-0.2, -0.15) is 0 Å². The van der Waals surface area contributed by atoms with Crippen molar-refractivity contribution in [2.24, 2.45) is 5.73 Å². The van der Waals surface area contributed by atoms with Crippen molar-refractivity contribution in [2.45, 2.75) is 19.5 Å². The van der Waals surface area contributed by atoms with Crippen LogP contribution in [-0.4, -0.2) is 29.6 Å². The SMILES string of the molecule is CC(=O)[C@@H](N)NCCC(=O)O. The van der Waals surface area contributed by atoms with Gasteiger partial charge in [0.05, 0.1) is 6.42 Å². The summed E-state index contributed by atoms with van der Waals surface area (Å²) >= 11 is 0. The van der Waals surface area contributed by atoms with Gasteiger partial charge in [0.1, 0.15) is 6.17 Å². The van der Waals surface area contributed by atoms with E-state index < -0.39 is 12.1 Å². The minimum Gasteiger partial charge on any atom is -0.481 e. The summed E-state index contributed by atoms with van der Waals surface area (Å²) in [5.41, 5.74) is 5.25. The molecule has 0 radical (unpaired) electrons. The highest BCUT2D eigenvalue weighted by Gasteiger charge is 2.06. The van der Waals surface area contributed by atoms with Crippen molar-refractivity contribution in [1.82, 2.24) is 5.32 Å². The van der Waals surface area contributed by atoms with Crippen molar-refractivity contribution >= 4 is 11.8 Å². The number of Topliss-reactive ketones (excluding diaryl/α,β-unsaturated/α-hetero) is 1. The largest absolute Gasteiger partial charge is 0.481 e. The first-order valence-corrected chi connectivity index (χ1v) is 3.25. The molecule has 0 spiro atoms. The molecule has 0 saturated heterocycles. The lowest BCUT2D eigenvalue weighted by Crippen LogP contribution is -2.43. The highest BCUT2D eigenvalue weighted by Crippen LogP contribution is 1.78. The maximum absolute atomic E-state index is 10.5. The Kier molecular flexibility index (Phi) is 4.40. The molecule has 0 amide bonds. The van der Waals surface area contributed by atoms with Crippen LogP contribution in [0.2, 0.25) is 0 Å². The predicted octanol–water partition coefficient (Wildman–Crippen LogP) is -1.08. The fourth-order valence-electron chi connectivity index (χ4n) is 0.478. The number of rotatable bonds is 5. The van der Waals surface area contributed by atoms with Gasteiger partial charge in [0.15, 0.2) is 5.78 Å². The van der Waals surface area contributed by atoms with Crippen LogP contribution >= 0.6 is 0 Å². The first-order valence-electron chi connectivity index (χ1n) is 3.25. The number of aliphatic carboxylic acids is 1. The molecule has 0 aromatic heterocycles. The standard InChI is InChI=1S/C6H12N2O3/c1-4(9)6(7)8-3-2-5(10)11/h6,8H,2-3,7H2,1H3,(H,10,11)/t6-/m0/s1. The maximum Gasteiger partial charge on any atom is 0.304 e. The molecule has 0 heterocycles. The van der Waals surface area contributed by atoms with Crippen molar-refractivity contribution in [3.63, 3.8) is 0 Å². The molecule has 5 nitrogen and oxygen atoms in total. The molecular weight excluding hydrogens is 148 g/mol. The van der Waals surface area contributed by atoms with E-state index in [2.05, 4.69) is 5.32 Å². The number of carboxylic acids is 1. The molecule has 0 unspecified atom stereocenters. The summed E-state index contributed by atoms with van der Waals surface area (Å²) in [6.07, 6.45) is -0.768. The smallest absolute Gasteiger partial charge is 0.304 e. The zero-order valence-electron chi connectivity index (χ0n) is 6.33. The Morgan fingerprint density at radius 3 is 2.55 bits per heavy atom. The van der Waals surface area contributed by atoms with Gasteiger partial charge in [0.2, 0.25) is 0 Å². The van der Waals surface area contributed by atoms with E-state index in [0.29, 0.717) is 0 Å². The molecule has 0 bridgehead atoms. The van der Waals surface area contributed by atoms with Crippen LogP contribution in [0.5, 0.6) is 0 Å². The van der Waals surface area contributed by atoms with Gasteiger partial charge in [-0.05, 0) is 6.92 Å². The second kappa shape index (κ2) is 4.81. The second-order valence-electron chi connectivity index (χ2n) is 2.19. The van der Waals surface area contributed by atoms with E-state index in [1.807, 2.05) is 0 Å². The van der Waals surface area contributed by atoms with E-state index >= 15 is 0 Å². The molecule has 4 N–H and O–H groups in total. The predicted molar refractivity (Wildman–Crippen MR) is 38.9 cm³/mol. The maximum atomic E-state index is 10.5.